The SMILES string of the molecule is COC(=O)[C@@]1(/C=C/c2ccccc2)C=C1Cc1ccccc1. The molecular weight excluding hydrogens is 272 g/mol. The molecule has 1 aliphatic carbocycles. The summed E-state index contributed by atoms with van der Waals surface area (Å²) in [7, 11) is 1.44. The molecule has 2 nitrogen and oxygen atoms in total. The summed E-state index contributed by atoms with van der Waals surface area (Å²) in [5, 5.41) is 0. The lowest BCUT2D eigenvalue weighted by Crippen LogP contribution is -2.19. The number of esters is 1. The minimum absolute atomic E-state index is 0.217. The van der Waals surface area contributed by atoms with Gasteiger partial charge in [0.2, 0.25) is 0 Å². The van der Waals surface area contributed by atoms with Crippen LogP contribution in [0.4, 0.5) is 0 Å². The molecule has 3 rings (SSSR count). The van der Waals surface area contributed by atoms with E-state index in [1.807, 2.05) is 66.8 Å². The van der Waals surface area contributed by atoms with Crippen LogP contribution < -0.4 is 0 Å². The molecule has 0 fully saturated rings. The molecule has 0 N–H and O–H groups in total. The second-order valence-corrected chi connectivity index (χ2v) is 5.44. The number of ether oxygens (including phenoxy) is 1. The van der Waals surface area contributed by atoms with Crippen molar-refractivity contribution in [3.8, 4) is 0 Å². The predicted octanol–water partition coefficient (Wildman–Crippen LogP) is 4.04. The van der Waals surface area contributed by atoms with Gasteiger partial charge < -0.3 is 4.74 Å². The fourth-order valence-electron chi connectivity index (χ4n) is 2.63. The number of carbonyl (C=O) groups excluding carboxylic acids is 1. The Balaban J connectivity index is 1.78. The van der Waals surface area contributed by atoms with E-state index in [1.54, 1.807) is 0 Å². The zero-order chi connectivity index (χ0) is 15.4. The Hall–Kier alpha value is -2.61. The molecule has 0 saturated heterocycles. The number of benzene rings is 2. The monoisotopic (exact) mass is 290 g/mol. The maximum Gasteiger partial charge on any atom is 0.323 e. The van der Waals surface area contributed by atoms with Crippen LogP contribution in [0.1, 0.15) is 11.1 Å². The molecule has 0 aliphatic heterocycles. The summed E-state index contributed by atoms with van der Waals surface area (Å²) in [5.74, 6) is -0.217. The first-order valence-electron chi connectivity index (χ1n) is 7.33. The number of carbonyl (C=O) groups is 1. The Morgan fingerprint density at radius 3 is 2.32 bits per heavy atom. The summed E-state index contributed by atoms with van der Waals surface area (Å²) < 4.78 is 4.99. The summed E-state index contributed by atoms with van der Waals surface area (Å²) in [5.41, 5.74) is 2.70. The van der Waals surface area contributed by atoms with Gasteiger partial charge in [0.25, 0.3) is 0 Å². The van der Waals surface area contributed by atoms with Crippen molar-refractivity contribution in [2.75, 3.05) is 7.11 Å². The predicted molar refractivity (Wildman–Crippen MR) is 88.2 cm³/mol. The van der Waals surface area contributed by atoms with Crippen molar-refractivity contribution in [2.24, 2.45) is 5.41 Å². The van der Waals surface area contributed by atoms with Gasteiger partial charge in [-0.25, -0.2) is 0 Å². The minimum atomic E-state index is -0.666. The Bertz CT molecular complexity index is 714. The fraction of sp³-hybridized carbons (Fsp3) is 0.150. The lowest BCUT2D eigenvalue weighted by atomic mass is 9.95. The third kappa shape index (κ3) is 2.86. The van der Waals surface area contributed by atoms with Gasteiger partial charge in [-0.3, -0.25) is 4.79 Å². The quantitative estimate of drug-likeness (QED) is 0.613. The molecule has 2 aromatic rings. The van der Waals surface area contributed by atoms with Crippen LogP contribution >= 0.6 is 0 Å². The van der Waals surface area contributed by atoms with Crippen molar-refractivity contribution in [1.82, 2.24) is 0 Å². The average Bonchev–Trinajstić information content (AvgIpc) is 3.28. The fourth-order valence-corrected chi connectivity index (χ4v) is 2.63. The summed E-state index contributed by atoms with van der Waals surface area (Å²) in [4.78, 5) is 12.2. The smallest absolute Gasteiger partial charge is 0.323 e. The van der Waals surface area contributed by atoms with E-state index in [9.17, 15) is 4.79 Å². The van der Waals surface area contributed by atoms with E-state index >= 15 is 0 Å². The van der Waals surface area contributed by atoms with Gasteiger partial charge in [-0.2, -0.15) is 0 Å². The van der Waals surface area contributed by atoms with Gasteiger partial charge in [0.15, 0.2) is 0 Å². The second-order valence-electron chi connectivity index (χ2n) is 5.44. The van der Waals surface area contributed by atoms with Crippen LogP contribution in [0.15, 0.2) is 78.4 Å². The molecule has 0 spiro atoms. The summed E-state index contributed by atoms with van der Waals surface area (Å²) in [6, 6.07) is 20.1. The molecule has 0 saturated carbocycles. The van der Waals surface area contributed by atoms with E-state index in [2.05, 4.69) is 12.1 Å². The van der Waals surface area contributed by atoms with Crippen LogP contribution in [0.3, 0.4) is 0 Å². The first kappa shape index (κ1) is 14.3. The lowest BCUT2D eigenvalue weighted by Gasteiger charge is -2.12. The van der Waals surface area contributed by atoms with Crippen molar-refractivity contribution >= 4 is 12.0 Å². The van der Waals surface area contributed by atoms with E-state index in [0.717, 1.165) is 17.6 Å². The van der Waals surface area contributed by atoms with E-state index in [4.69, 9.17) is 4.74 Å². The third-order valence-corrected chi connectivity index (χ3v) is 3.95. The molecule has 0 unspecified atom stereocenters. The molecule has 22 heavy (non-hydrogen) atoms. The normalized spacial score (nSPS) is 19.8. The van der Waals surface area contributed by atoms with Crippen LogP contribution in [-0.4, -0.2) is 13.1 Å². The van der Waals surface area contributed by atoms with Gasteiger partial charge in [0.05, 0.1) is 7.11 Å². The zero-order valence-corrected chi connectivity index (χ0v) is 12.5. The topological polar surface area (TPSA) is 26.3 Å². The van der Waals surface area contributed by atoms with Crippen molar-refractivity contribution in [1.29, 1.82) is 0 Å². The maximum atomic E-state index is 12.2. The van der Waals surface area contributed by atoms with Gasteiger partial charge in [-0.15, -0.1) is 0 Å². The Kier molecular flexibility index (Phi) is 3.92. The first-order valence-corrected chi connectivity index (χ1v) is 7.33. The van der Waals surface area contributed by atoms with Crippen LogP contribution in [0.25, 0.3) is 6.08 Å². The average molecular weight is 290 g/mol. The highest BCUT2D eigenvalue weighted by Gasteiger charge is 2.49. The molecule has 110 valence electrons. The largest absolute Gasteiger partial charge is 0.468 e. The van der Waals surface area contributed by atoms with E-state index in [-0.39, 0.29) is 5.97 Å². The molecule has 2 aromatic carbocycles. The van der Waals surface area contributed by atoms with E-state index in [0.29, 0.717) is 0 Å². The molecule has 0 bridgehead atoms. The van der Waals surface area contributed by atoms with Crippen molar-refractivity contribution in [3.05, 3.63) is 89.5 Å². The van der Waals surface area contributed by atoms with Crippen molar-refractivity contribution < 1.29 is 9.53 Å². The molecule has 0 radical (unpaired) electrons. The summed E-state index contributed by atoms with van der Waals surface area (Å²) in [6.45, 7) is 0. The third-order valence-electron chi connectivity index (χ3n) is 3.95. The summed E-state index contributed by atoms with van der Waals surface area (Å²) in [6.07, 6.45) is 6.68. The Labute approximate surface area is 130 Å². The van der Waals surface area contributed by atoms with Gasteiger partial charge in [-0.1, -0.05) is 78.9 Å². The first-order chi connectivity index (χ1) is 10.7. The number of hydrogen-bond acceptors (Lipinski definition) is 2. The second kappa shape index (κ2) is 6.02. The molecule has 0 heterocycles. The maximum absolute atomic E-state index is 12.2. The van der Waals surface area contributed by atoms with E-state index in [1.165, 1.54) is 12.7 Å². The van der Waals surface area contributed by atoms with Gasteiger partial charge in [-0.05, 0) is 23.1 Å². The number of hydrogen-bond donors (Lipinski definition) is 0. The van der Waals surface area contributed by atoms with Gasteiger partial charge in [0.1, 0.15) is 5.41 Å². The van der Waals surface area contributed by atoms with Gasteiger partial charge >= 0.3 is 5.97 Å². The molecule has 0 amide bonds. The van der Waals surface area contributed by atoms with Crippen LogP contribution in [0, 0.1) is 5.41 Å². The highest BCUT2D eigenvalue weighted by atomic mass is 16.5. The molecular formula is C20H18O2. The van der Waals surface area contributed by atoms with Gasteiger partial charge in [0, 0.05) is 0 Å². The molecule has 2 heteroatoms. The van der Waals surface area contributed by atoms with Crippen molar-refractivity contribution in [3.63, 3.8) is 0 Å². The van der Waals surface area contributed by atoms with E-state index < -0.39 is 5.41 Å². The molecule has 1 atom stereocenters. The van der Waals surface area contributed by atoms with Crippen LogP contribution in [0.2, 0.25) is 0 Å². The Morgan fingerprint density at radius 1 is 1.05 bits per heavy atom. The van der Waals surface area contributed by atoms with Crippen LogP contribution in [0.5, 0.6) is 0 Å². The highest BCUT2D eigenvalue weighted by Crippen LogP contribution is 2.48. The van der Waals surface area contributed by atoms with Crippen LogP contribution in [-0.2, 0) is 16.0 Å². The highest BCUT2D eigenvalue weighted by molar-refractivity contribution is 5.92. The molecule has 1 aliphatic rings. The standard InChI is InChI=1S/C20H18O2/c1-22-19(21)20(13-12-16-8-4-2-5-9-16)15-18(20)14-17-10-6-3-7-11-17/h2-13,15H,14H2,1H3/b13-12+/t20-/m0/s1. The van der Waals surface area contributed by atoms with Crippen molar-refractivity contribution in [2.45, 2.75) is 6.42 Å². The number of rotatable bonds is 5. The number of methoxy groups -OCH3 is 1. The minimum Gasteiger partial charge on any atom is -0.468 e. The molecule has 0 aromatic heterocycles. The lowest BCUT2D eigenvalue weighted by molar-refractivity contribution is -0.144. The Morgan fingerprint density at radius 2 is 1.68 bits per heavy atom. The zero-order valence-electron chi connectivity index (χ0n) is 12.5. The summed E-state index contributed by atoms with van der Waals surface area (Å²) >= 11 is 0.